The van der Waals surface area contributed by atoms with Crippen molar-refractivity contribution in [2.24, 2.45) is 0 Å². The van der Waals surface area contributed by atoms with Gasteiger partial charge in [0.1, 0.15) is 11.2 Å². The maximum atomic E-state index is 6.33. The summed E-state index contributed by atoms with van der Waals surface area (Å²) in [5.74, 6) is 0. The number of aromatic nitrogens is 1. The fourth-order valence-corrected chi connectivity index (χ4v) is 8.53. The third-order valence-corrected chi connectivity index (χ3v) is 11.2. The summed E-state index contributed by atoms with van der Waals surface area (Å²) in [5.41, 5.74) is 15.6. The Hall–Kier alpha value is -7.62. The highest BCUT2D eigenvalue weighted by Gasteiger charge is 2.17. The Kier molecular flexibility index (Phi) is 7.82. The van der Waals surface area contributed by atoms with E-state index >= 15 is 0 Å². The second-order valence-electron chi connectivity index (χ2n) is 14.5. The van der Waals surface area contributed by atoms with Gasteiger partial charge in [-0.05, 0) is 82.9 Å². The highest BCUT2D eigenvalue weighted by atomic mass is 16.3. The van der Waals surface area contributed by atoms with Crippen molar-refractivity contribution in [3.8, 4) is 39.1 Å². The third kappa shape index (κ3) is 5.60. The second-order valence-corrected chi connectivity index (χ2v) is 14.5. The number of fused-ring (bicyclic) bond motifs is 6. The van der Waals surface area contributed by atoms with Gasteiger partial charge in [-0.15, -0.1) is 0 Å². The molecular weight excluding hydrogens is 693 g/mol. The standard InChI is InChI=1S/C54H36N2O/c1-2-13-41(14-3-1)55(42-33-29-38(30-34-42)37-25-27-40(28-26-37)45-19-12-20-49-48-18-7-11-24-53(48)57-54(45)49)43-35-31-39(32-36-43)44-15-4-8-21-50(44)56-51-22-9-5-16-46(51)47-17-6-10-23-52(47)56/h1-36H. The van der Waals surface area contributed by atoms with Crippen LogP contribution in [0.4, 0.5) is 17.1 Å². The van der Waals surface area contributed by atoms with Crippen molar-refractivity contribution in [1.82, 2.24) is 4.57 Å². The van der Waals surface area contributed by atoms with Crippen LogP contribution in [-0.2, 0) is 0 Å². The molecule has 0 N–H and O–H groups in total. The van der Waals surface area contributed by atoms with Gasteiger partial charge in [-0.1, -0.05) is 158 Å². The topological polar surface area (TPSA) is 21.3 Å². The summed E-state index contributed by atoms with van der Waals surface area (Å²) in [4.78, 5) is 2.32. The lowest BCUT2D eigenvalue weighted by molar-refractivity contribution is 0.670. The minimum atomic E-state index is 0.915. The minimum Gasteiger partial charge on any atom is -0.455 e. The fraction of sp³-hybridized carbons (Fsp3) is 0. The molecule has 2 aromatic heterocycles. The second kappa shape index (κ2) is 13.6. The van der Waals surface area contributed by atoms with Gasteiger partial charge in [0.15, 0.2) is 0 Å². The summed E-state index contributed by atoms with van der Waals surface area (Å²) in [6.45, 7) is 0. The van der Waals surface area contributed by atoms with Gasteiger partial charge in [0, 0.05) is 49.7 Å². The Morgan fingerprint density at radius 1 is 0.316 bits per heavy atom. The van der Waals surface area contributed by atoms with Crippen LogP contribution in [0.5, 0.6) is 0 Å². The SMILES string of the molecule is c1ccc(N(c2ccc(-c3ccc(-c4cccc5c4oc4ccccc45)cc3)cc2)c2ccc(-c3ccccc3-n3c4ccccc4c4ccccc43)cc2)cc1. The van der Waals surface area contributed by atoms with Crippen LogP contribution >= 0.6 is 0 Å². The first-order chi connectivity index (χ1) is 28.3. The van der Waals surface area contributed by atoms with Crippen molar-refractivity contribution in [2.45, 2.75) is 0 Å². The first kappa shape index (κ1) is 32.8. The van der Waals surface area contributed by atoms with E-state index in [1.807, 2.05) is 12.1 Å². The summed E-state index contributed by atoms with van der Waals surface area (Å²) in [5, 5.41) is 4.81. The molecule has 0 unspecified atom stereocenters. The Labute approximate surface area is 330 Å². The van der Waals surface area contributed by atoms with Crippen LogP contribution in [0.3, 0.4) is 0 Å². The average molecular weight is 729 g/mol. The number of nitrogens with zero attached hydrogens (tertiary/aromatic N) is 2. The summed E-state index contributed by atoms with van der Waals surface area (Å²) in [7, 11) is 0. The Bertz CT molecular complexity index is 3160. The van der Waals surface area contributed by atoms with E-state index < -0.39 is 0 Å². The number of benzene rings is 9. The van der Waals surface area contributed by atoms with Gasteiger partial charge >= 0.3 is 0 Å². The van der Waals surface area contributed by atoms with Gasteiger partial charge in [0.2, 0.25) is 0 Å². The van der Waals surface area contributed by atoms with Crippen molar-refractivity contribution < 1.29 is 4.42 Å². The first-order valence-electron chi connectivity index (χ1n) is 19.4. The summed E-state index contributed by atoms with van der Waals surface area (Å²) >= 11 is 0. The Morgan fingerprint density at radius 3 is 1.46 bits per heavy atom. The lowest BCUT2D eigenvalue weighted by Gasteiger charge is -2.26. The molecular formula is C54H36N2O. The van der Waals surface area contributed by atoms with E-state index in [-0.39, 0.29) is 0 Å². The highest BCUT2D eigenvalue weighted by Crippen LogP contribution is 2.40. The largest absolute Gasteiger partial charge is 0.455 e. The molecule has 0 fully saturated rings. The van der Waals surface area contributed by atoms with Crippen LogP contribution in [-0.4, -0.2) is 4.57 Å². The fourth-order valence-electron chi connectivity index (χ4n) is 8.53. The molecule has 3 heteroatoms. The first-order valence-corrected chi connectivity index (χ1v) is 19.4. The van der Waals surface area contributed by atoms with Crippen molar-refractivity contribution in [3.63, 3.8) is 0 Å². The number of para-hydroxylation sites is 6. The van der Waals surface area contributed by atoms with Crippen LogP contribution in [0.2, 0.25) is 0 Å². The summed E-state index contributed by atoms with van der Waals surface area (Å²) in [6, 6.07) is 78.0. The molecule has 57 heavy (non-hydrogen) atoms. The molecule has 11 aromatic rings. The number of hydrogen-bond donors (Lipinski definition) is 0. The van der Waals surface area contributed by atoms with Gasteiger partial charge < -0.3 is 13.9 Å². The van der Waals surface area contributed by atoms with E-state index in [1.54, 1.807) is 0 Å². The zero-order chi connectivity index (χ0) is 37.7. The monoisotopic (exact) mass is 728 g/mol. The molecule has 0 aliphatic heterocycles. The average Bonchev–Trinajstić information content (AvgIpc) is 3.84. The maximum absolute atomic E-state index is 6.33. The van der Waals surface area contributed by atoms with Gasteiger partial charge in [0.25, 0.3) is 0 Å². The predicted molar refractivity (Wildman–Crippen MR) is 239 cm³/mol. The molecule has 0 spiro atoms. The van der Waals surface area contributed by atoms with Crippen molar-refractivity contribution in [3.05, 3.63) is 218 Å². The molecule has 0 saturated heterocycles. The van der Waals surface area contributed by atoms with E-state index in [1.165, 1.54) is 38.5 Å². The van der Waals surface area contributed by atoms with Gasteiger partial charge in [-0.3, -0.25) is 0 Å². The molecule has 268 valence electrons. The summed E-state index contributed by atoms with van der Waals surface area (Å²) < 4.78 is 8.74. The number of hydrogen-bond acceptors (Lipinski definition) is 2. The zero-order valence-corrected chi connectivity index (χ0v) is 31.1. The molecule has 0 saturated carbocycles. The van der Waals surface area contributed by atoms with E-state index in [4.69, 9.17) is 4.42 Å². The van der Waals surface area contributed by atoms with Crippen LogP contribution < -0.4 is 4.90 Å². The molecule has 0 radical (unpaired) electrons. The van der Waals surface area contributed by atoms with Gasteiger partial charge in [-0.2, -0.15) is 0 Å². The van der Waals surface area contributed by atoms with Gasteiger partial charge in [-0.25, -0.2) is 0 Å². The number of anilines is 3. The van der Waals surface area contributed by atoms with Gasteiger partial charge in [0.05, 0.1) is 16.7 Å². The van der Waals surface area contributed by atoms with Crippen molar-refractivity contribution in [1.29, 1.82) is 0 Å². The molecule has 0 aliphatic rings. The van der Waals surface area contributed by atoms with Crippen LogP contribution in [0.15, 0.2) is 223 Å². The quantitative estimate of drug-likeness (QED) is 0.163. The highest BCUT2D eigenvalue weighted by molar-refractivity contribution is 6.10. The third-order valence-electron chi connectivity index (χ3n) is 11.2. The van der Waals surface area contributed by atoms with Crippen molar-refractivity contribution in [2.75, 3.05) is 4.90 Å². The molecule has 0 bridgehead atoms. The Morgan fingerprint density at radius 2 is 0.772 bits per heavy atom. The van der Waals surface area contributed by atoms with E-state index in [9.17, 15) is 0 Å². The molecule has 11 rings (SSSR count). The van der Waals surface area contributed by atoms with E-state index in [0.29, 0.717) is 0 Å². The normalized spacial score (nSPS) is 11.5. The molecule has 0 aliphatic carbocycles. The molecule has 0 atom stereocenters. The molecule has 3 nitrogen and oxygen atoms in total. The Balaban J connectivity index is 0.921. The molecule has 0 amide bonds. The van der Waals surface area contributed by atoms with Crippen molar-refractivity contribution >= 4 is 60.8 Å². The van der Waals surface area contributed by atoms with Crippen LogP contribution in [0.25, 0.3) is 82.8 Å². The summed E-state index contributed by atoms with van der Waals surface area (Å²) in [6.07, 6.45) is 0. The lowest BCUT2D eigenvalue weighted by Crippen LogP contribution is -2.09. The van der Waals surface area contributed by atoms with E-state index in [0.717, 1.165) is 61.4 Å². The molecule has 9 aromatic carbocycles. The van der Waals surface area contributed by atoms with Crippen LogP contribution in [0.1, 0.15) is 0 Å². The van der Waals surface area contributed by atoms with Crippen LogP contribution in [0, 0.1) is 0 Å². The maximum Gasteiger partial charge on any atom is 0.143 e. The van der Waals surface area contributed by atoms with E-state index in [2.05, 4.69) is 216 Å². The number of rotatable bonds is 7. The molecule has 2 heterocycles. The smallest absolute Gasteiger partial charge is 0.143 e. The zero-order valence-electron chi connectivity index (χ0n) is 31.1. The number of furan rings is 1. The minimum absolute atomic E-state index is 0.915. The lowest BCUT2D eigenvalue weighted by atomic mass is 9.98. The predicted octanol–water partition coefficient (Wildman–Crippen LogP) is 15.2.